The Morgan fingerprint density at radius 1 is 1.32 bits per heavy atom. The molecule has 1 aromatic rings. The molecule has 0 atom stereocenters. The molecule has 1 aliphatic heterocycles. The third-order valence-electron chi connectivity index (χ3n) is 3.64. The molecule has 0 unspecified atom stereocenters. The van der Waals surface area contributed by atoms with Crippen LogP contribution < -0.4 is 0 Å². The number of hydrogen-bond donors (Lipinski definition) is 0. The molecule has 102 valence electrons. The van der Waals surface area contributed by atoms with E-state index < -0.39 is 0 Å². The number of carbonyl (C=O) groups excluding carboxylic acids is 1. The minimum absolute atomic E-state index is 0.0580. The smallest absolute Gasteiger partial charge is 0.237 e. The van der Waals surface area contributed by atoms with Crippen LogP contribution in [-0.2, 0) is 4.79 Å². The van der Waals surface area contributed by atoms with Crippen molar-refractivity contribution in [3.63, 3.8) is 0 Å². The summed E-state index contributed by atoms with van der Waals surface area (Å²) in [7, 11) is 0. The number of amides is 1. The molecule has 1 amide bonds. The van der Waals surface area contributed by atoms with E-state index in [9.17, 15) is 4.79 Å². The van der Waals surface area contributed by atoms with Gasteiger partial charge in [0, 0.05) is 13.1 Å². The predicted octanol–water partition coefficient (Wildman–Crippen LogP) is 3.49. The Labute approximate surface area is 120 Å². The summed E-state index contributed by atoms with van der Waals surface area (Å²) in [6.45, 7) is 3.75. The topological polar surface area (TPSA) is 20.3 Å². The van der Waals surface area contributed by atoms with Gasteiger partial charge in [0.1, 0.15) is 5.88 Å². The van der Waals surface area contributed by atoms with Crippen LogP contribution in [0, 0.1) is 12.8 Å². The second-order valence-corrected chi connectivity index (χ2v) is 5.39. The minimum atomic E-state index is 0.0580. The van der Waals surface area contributed by atoms with Gasteiger partial charge in [-0.1, -0.05) is 42.0 Å². The maximum absolute atomic E-state index is 11.5. The zero-order valence-electron chi connectivity index (χ0n) is 11.3. The van der Waals surface area contributed by atoms with E-state index in [1.165, 1.54) is 11.1 Å². The molecule has 2 nitrogen and oxygen atoms in total. The van der Waals surface area contributed by atoms with E-state index in [0.717, 1.165) is 25.9 Å². The van der Waals surface area contributed by atoms with Crippen LogP contribution in [0.5, 0.6) is 0 Å². The second-order valence-electron chi connectivity index (χ2n) is 5.12. The Hall–Kier alpha value is -1.28. The second kappa shape index (κ2) is 6.76. The molecule has 19 heavy (non-hydrogen) atoms. The molecule has 1 fully saturated rings. The van der Waals surface area contributed by atoms with E-state index in [1.807, 2.05) is 4.90 Å². The minimum Gasteiger partial charge on any atom is -0.342 e. The number of allylic oxidation sites excluding steroid dienone is 1. The lowest BCUT2D eigenvalue weighted by Crippen LogP contribution is -2.38. The first-order chi connectivity index (χ1) is 9.19. The van der Waals surface area contributed by atoms with Crippen LogP contribution in [0.2, 0.25) is 0 Å². The van der Waals surface area contributed by atoms with Gasteiger partial charge in [-0.05, 0) is 31.2 Å². The summed E-state index contributed by atoms with van der Waals surface area (Å²) in [5, 5.41) is 0. The van der Waals surface area contributed by atoms with E-state index >= 15 is 0 Å². The fourth-order valence-electron chi connectivity index (χ4n) is 2.35. The van der Waals surface area contributed by atoms with Gasteiger partial charge in [-0.25, -0.2) is 0 Å². The lowest BCUT2D eigenvalue weighted by atomic mass is 9.95. The van der Waals surface area contributed by atoms with Gasteiger partial charge in [0.25, 0.3) is 0 Å². The first-order valence-corrected chi connectivity index (χ1v) is 7.31. The van der Waals surface area contributed by atoms with Crippen molar-refractivity contribution in [2.75, 3.05) is 19.0 Å². The zero-order chi connectivity index (χ0) is 13.7. The summed E-state index contributed by atoms with van der Waals surface area (Å²) in [6, 6.07) is 8.53. The molecular weight excluding hydrogens is 258 g/mol. The Morgan fingerprint density at radius 2 is 1.95 bits per heavy atom. The molecule has 3 heteroatoms. The van der Waals surface area contributed by atoms with Gasteiger partial charge >= 0.3 is 0 Å². The summed E-state index contributed by atoms with van der Waals surface area (Å²) < 4.78 is 0. The lowest BCUT2D eigenvalue weighted by Gasteiger charge is -2.30. The summed E-state index contributed by atoms with van der Waals surface area (Å²) in [4.78, 5) is 13.3. The molecule has 2 rings (SSSR count). The van der Waals surface area contributed by atoms with Crippen molar-refractivity contribution in [1.82, 2.24) is 4.90 Å². The van der Waals surface area contributed by atoms with E-state index in [4.69, 9.17) is 11.6 Å². The fourth-order valence-corrected chi connectivity index (χ4v) is 2.52. The molecule has 1 saturated heterocycles. The maximum Gasteiger partial charge on any atom is 0.237 e. The van der Waals surface area contributed by atoms with Crippen LogP contribution in [0.1, 0.15) is 24.0 Å². The number of halogens is 1. The normalized spacial score (nSPS) is 17.1. The Balaban J connectivity index is 1.85. The van der Waals surface area contributed by atoms with Gasteiger partial charge in [0.15, 0.2) is 0 Å². The average molecular weight is 278 g/mol. The fraction of sp³-hybridized carbons (Fsp3) is 0.438. The quantitative estimate of drug-likeness (QED) is 0.775. The standard InChI is InChI=1S/C16H20ClNO/c1-13-2-4-14(5-3-13)6-7-15-8-10-18(11-9-15)16(19)12-17/h2-7,15H,8-12H2,1H3. The lowest BCUT2D eigenvalue weighted by molar-refractivity contribution is -0.129. The number of carbonyl (C=O) groups is 1. The zero-order valence-corrected chi connectivity index (χ0v) is 12.1. The molecule has 1 heterocycles. The van der Waals surface area contributed by atoms with Crippen LogP contribution >= 0.6 is 11.6 Å². The number of aryl methyl sites for hydroxylation is 1. The third-order valence-corrected chi connectivity index (χ3v) is 3.87. The van der Waals surface area contributed by atoms with Crippen molar-refractivity contribution >= 4 is 23.6 Å². The van der Waals surface area contributed by atoms with Crippen molar-refractivity contribution in [3.05, 3.63) is 41.5 Å². The molecule has 0 saturated carbocycles. The van der Waals surface area contributed by atoms with Gasteiger partial charge in [0.2, 0.25) is 5.91 Å². The summed E-state index contributed by atoms with van der Waals surface area (Å²) in [5.41, 5.74) is 2.52. The highest BCUT2D eigenvalue weighted by Gasteiger charge is 2.20. The molecular formula is C16H20ClNO. The molecule has 1 aromatic carbocycles. The van der Waals surface area contributed by atoms with E-state index in [1.54, 1.807) is 0 Å². The number of likely N-dealkylation sites (tertiary alicyclic amines) is 1. The van der Waals surface area contributed by atoms with Gasteiger partial charge in [0.05, 0.1) is 0 Å². The number of rotatable bonds is 3. The number of benzene rings is 1. The number of hydrogen-bond acceptors (Lipinski definition) is 1. The number of alkyl halides is 1. The van der Waals surface area contributed by atoms with Crippen LogP contribution in [-0.4, -0.2) is 29.8 Å². The van der Waals surface area contributed by atoms with Crippen LogP contribution in [0.15, 0.2) is 30.3 Å². The van der Waals surface area contributed by atoms with E-state index in [0.29, 0.717) is 5.92 Å². The van der Waals surface area contributed by atoms with Crippen LogP contribution in [0.3, 0.4) is 0 Å². The maximum atomic E-state index is 11.5. The molecule has 0 radical (unpaired) electrons. The number of nitrogens with zero attached hydrogens (tertiary/aromatic N) is 1. The Kier molecular flexibility index (Phi) is 5.03. The Morgan fingerprint density at radius 3 is 2.53 bits per heavy atom. The molecule has 0 N–H and O–H groups in total. The van der Waals surface area contributed by atoms with Crippen LogP contribution in [0.4, 0.5) is 0 Å². The van der Waals surface area contributed by atoms with Gasteiger partial charge in [-0.3, -0.25) is 4.79 Å². The van der Waals surface area contributed by atoms with Gasteiger partial charge in [-0.2, -0.15) is 0 Å². The van der Waals surface area contributed by atoms with Crippen molar-refractivity contribution in [2.24, 2.45) is 5.92 Å². The van der Waals surface area contributed by atoms with E-state index in [2.05, 4.69) is 43.3 Å². The first-order valence-electron chi connectivity index (χ1n) is 6.77. The highest BCUT2D eigenvalue weighted by molar-refractivity contribution is 6.27. The molecule has 0 bridgehead atoms. The predicted molar refractivity (Wildman–Crippen MR) is 80.2 cm³/mol. The highest BCUT2D eigenvalue weighted by Crippen LogP contribution is 2.20. The monoisotopic (exact) mass is 277 g/mol. The first kappa shape index (κ1) is 14.1. The average Bonchev–Trinajstić information content (AvgIpc) is 2.46. The molecule has 1 aliphatic rings. The molecule has 0 aliphatic carbocycles. The van der Waals surface area contributed by atoms with Crippen LogP contribution in [0.25, 0.3) is 6.08 Å². The SMILES string of the molecule is Cc1ccc(C=CC2CCN(C(=O)CCl)CC2)cc1. The van der Waals surface area contributed by atoms with Crippen molar-refractivity contribution in [2.45, 2.75) is 19.8 Å². The largest absolute Gasteiger partial charge is 0.342 e. The van der Waals surface area contributed by atoms with E-state index in [-0.39, 0.29) is 11.8 Å². The highest BCUT2D eigenvalue weighted by atomic mass is 35.5. The summed E-state index contributed by atoms with van der Waals surface area (Å²) in [5.74, 6) is 0.729. The number of piperidine rings is 1. The van der Waals surface area contributed by atoms with Gasteiger partial charge < -0.3 is 4.90 Å². The Bertz CT molecular complexity index is 444. The van der Waals surface area contributed by atoms with Crippen molar-refractivity contribution < 1.29 is 4.79 Å². The molecule has 0 aromatic heterocycles. The van der Waals surface area contributed by atoms with Crippen molar-refractivity contribution in [3.8, 4) is 0 Å². The summed E-state index contributed by atoms with van der Waals surface area (Å²) >= 11 is 5.57. The summed E-state index contributed by atoms with van der Waals surface area (Å²) in [6.07, 6.45) is 6.52. The molecule has 0 spiro atoms. The van der Waals surface area contributed by atoms with Gasteiger partial charge in [-0.15, -0.1) is 11.6 Å². The third kappa shape index (κ3) is 4.10. The van der Waals surface area contributed by atoms with Crippen molar-refractivity contribution in [1.29, 1.82) is 0 Å².